The molecule has 2 heteroatoms. The number of nitrogens with zero attached hydrogens (tertiary/aromatic N) is 2. The Hall–Kier alpha value is -0.790. The van der Waals surface area contributed by atoms with Gasteiger partial charge in [-0.25, -0.2) is 0 Å². The first-order chi connectivity index (χ1) is 5.59. The Labute approximate surface area is 75.0 Å². The second-order valence-electron chi connectivity index (χ2n) is 3.85. The molecular formula is C10H18N2. The first-order valence-electron chi connectivity index (χ1n) is 4.52. The average Bonchev–Trinajstić information content (AvgIpc) is 1.94. The summed E-state index contributed by atoms with van der Waals surface area (Å²) < 4.78 is 0. The van der Waals surface area contributed by atoms with Gasteiger partial charge in [-0.1, -0.05) is 13.5 Å². The molecule has 0 bridgehead atoms. The number of allylic oxidation sites excluding steroid dienone is 1. The Bertz CT molecular complexity index is 204. The van der Waals surface area contributed by atoms with E-state index >= 15 is 0 Å². The van der Waals surface area contributed by atoms with Crippen molar-refractivity contribution in [2.45, 2.75) is 26.2 Å². The van der Waals surface area contributed by atoms with E-state index in [1.807, 2.05) is 19.1 Å². The van der Waals surface area contributed by atoms with Crippen molar-refractivity contribution in [1.29, 1.82) is 0 Å². The number of hydrazone groups is 1. The molecule has 0 amide bonds. The van der Waals surface area contributed by atoms with Crippen LogP contribution in [-0.2, 0) is 0 Å². The summed E-state index contributed by atoms with van der Waals surface area (Å²) >= 11 is 0. The van der Waals surface area contributed by atoms with Gasteiger partial charge in [0.15, 0.2) is 0 Å². The molecule has 1 saturated carbocycles. The standard InChI is InChI=1S/C10H18N2/c1-8-5-6-10(9(2)7-8)11-12(3)4/h8H,2,5-7H2,1,3-4H3. The van der Waals surface area contributed by atoms with Crippen LogP contribution in [0.5, 0.6) is 0 Å². The van der Waals surface area contributed by atoms with Crippen LogP contribution in [-0.4, -0.2) is 24.8 Å². The van der Waals surface area contributed by atoms with Crippen molar-refractivity contribution < 1.29 is 0 Å². The Morgan fingerprint density at radius 2 is 2.17 bits per heavy atom. The Kier molecular flexibility index (Phi) is 2.90. The number of hydrogen-bond acceptors (Lipinski definition) is 2. The molecule has 0 aliphatic heterocycles. The number of hydrogen-bond donors (Lipinski definition) is 0. The van der Waals surface area contributed by atoms with Crippen LogP contribution in [0.15, 0.2) is 17.3 Å². The minimum Gasteiger partial charge on any atom is -0.303 e. The molecule has 0 aromatic heterocycles. The van der Waals surface area contributed by atoms with E-state index in [1.54, 1.807) is 0 Å². The van der Waals surface area contributed by atoms with Gasteiger partial charge in [0.25, 0.3) is 0 Å². The molecule has 1 aliphatic carbocycles. The Morgan fingerprint density at radius 3 is 2.67 bits per heavy atom. The van der Waals surface area contributed by atoms with Crippen molar-refractivity contribution in [3.05, 3.63) is 12.2 Å². The molecule has 1 unspecified atom stereocenters. The van der Waals surface area contributed by atoms with E-state index in [9.17, 15) is 0 Å². The lowest BCUT2D eigenvalue weighted by Gasteiger charge is -2.22. The SMILES string of the molecule is C=C1CC(C)CCC1=NN(C)C. The molecule has 0 aromatic carbocycles. The predicted octanol–water partition coefficient (Wildman–Crippen LogP) is 2.28. The topological polar surface area (TPSA) is 15.6 Å². The molecule has 0 aromatic rings. The van der Waals surface area contributed by atoms with Crippen LogP contribution in [0.4, 0.5) is 0 Å². The van der Waals surface area contributed by atoms with E-state index in [0.717, 1.165) is 18.8 Å². The number of rotatable bonds is 1. The van der Waals surface area contributed by atoms with Gasteiger partial charge in [-0.15, -0.1) is 0 Å². The van der Waals surface area contributed by atoms with Crippen LogP contribution in [0.2, 0.25) is 0 Å². The fourth-order valence-corrected chi connectivity index (χ4v) is 1.56. The molecule has 0 radical (unpaired) electrons. The molecule has 68 valence electrons. The molecule has 12 heavy (non-hydrogen) atoms. The third-order valence-corrected chi connectivity index (χ3v) is 2.20. The van der Waals surface area contributed by atoms with Crippen LogP contribution >= 0.6 is 0 Å². The van der Waals surface area contributed by atoms with Crippen molar-refractivity contribution >= 4 is 5.71 Å². The van der Waals surface area contributed by atoms with Gasteiger partial charge in [-0.05, 0) is 30.8 Å². The highest BCUT2D eigenvalue weighted by Gasteiger charge is 2.17. The van der Waals surface area contributed by atoms with Crippen molar-refractivity contribution in [3.63, 3.8) is 0 Å². The highest BCUT2D eigenvalue weighted by molar-refractivity contribution is 6.00. The fraction of sp³-hybridized carbons (Fsp3) is 0.700. The van der Waals surface area contributed by atoms with Gasteiger partial charge in [0.2, 0.25) is 0 Å². The molecule has 0 saturated heterocycles. The van der Waals surface area contributed by atoms with E-state index in [2.05, 4.69) is 18.6 Å². The lowest BCUT2D eigenvalue weighted by atomic mass is 9.86. The lowest BCUT2D eigenvalue weighted by molar-refractivity contribution is 0.429. The normalized spacial score (nSPS) is 27.8. The van der Waals surface area contributed by atoms with Gasteiger partial charge in [-0.3, -0.25) is 0 Å². The lowest BCUT2D eigenvalue weighted by Crippen LogP contribution is -2.17. The summed E-state index contributed by atoms with van der Waals surface area (Å²) in [5, 5.41) is 6.26. The average molecular weight is 166 g/mol. The molecule has 0 spiro atoms. The zero-order chi connectivity index (χ0) is 9.14. The summed E-state index contributed by atoms with van der Waals surface area (Å²) in [6.45, 7) is 6.32. The van der Waals surface area contributed by atoms with Gasteiger partial charge < -0.3 is 5.01 Å². The second-order valence-corrected chi connectivity index (χ2v) is 3.85. The Morgan fingerprint density at radius 1 is 1.50 bits per heavy atom. The summed E-state index contributed by atoms with van der Waals surface area (Å²) in [6, 6.07) is 0. The first kappa shape index (κ1) is 9.30. The molecule has 1 fully saturated rings. The van der Waals surface area contributed by atoms with Crippen LogP contribution < -0.4 is 0 Å². The quantitative estimate of drug-likeness (QED) is 0.546. The molecule has 1 atom stereocenters. The summed E-state index contributed by atoms with van der Waals surface area (Å²) in [6.07, 6.45) is 3.47. The fourth-order valence-electron chi connectivity index (χ4n) is 1.56. The van der Waals surface area contributed by atoms with E-state index in [0.29, 0.717) is 0 Å². The maximum absolute atomic E-state index is 4.40. The third-order valence-electron chi connectivity index (χ3n) is 2.20. The molecule has 0 N–H and O–H groups in total. The van der Waals surface area contributed by atoms with E-state index in [1.165, 1.54) is 17.7 Å². The summed E-state index contributed by atoms with van der Waals surface area (Å²) in [5.74, 6) is 0.790. The van der Waals surface area contributed by atoms with Gasteiger partial charge >= 0.3 is 0 Å². The maximum atomic E-state index is 4.40. The van der Waals surface area contributed by atoms with Crippen molar-refractivity contribution in [3.8, 4) is 0 Å². The molecule has 1 rings (SSSR count). The van der Waals surface area contributed by atoms with Crippen LogP contribution in [0.3, 0.4) is 0 Å². The zero-order valence-electron chi connectivity index (χ0n) is 8.30. The maximum Gasteiger partial charge on any atom is 0.0631 e. The molecular weight excluding hydrogens is 148 g/mol. The second kappa shape index (κ2) is 3.74. The smallest absolute Gasteiger partial charge is 0.0631 e. The van der Waals surface area contributed by atoms with E-state index in [-0.39, 0.29) is 0 Å². The minimum atomic E-state index is 0.790. The zero-order valence-corrected chi connectivity index (χ0v) is 8.30. The van der Waals surface area contributed by atoms with Gasteiger partial charge in [0, 0.05) is 14.1 Å². The molecule has 1 aliphatic rings. The van der Waals surface area contributed by atoms with Gasteiger partial charge in [0.1, 0.15) is 0 Å². The highest BCUT2D eigenvalue weighted by Crippen LogP contribution is 2.24. The van der Waals surface area contributed by atoms with E-state index in [4.69, 9.17) is 0 Å². The van der Waals surface area contributed by atoms with Gasteiger partial charge in [-0.2, -0.15) is 5.10 Å². The van der Waals surface area contributed by atoms with Gasteiger partial charge in [0.05, 0.1) is 5.71 Å². The highest BCUT2D eigenvalue weighted by atomic mass is 15.4. The summed E-state index contributed by atoms with van der Waals surface area (Å²) in [5.41, 5.74) is 2.42. The minimum absolute atomic E-state index is 0.790. The van der Waals surface area contributed by atoms with Crippen LogP contribution in [0.25, 0.3) is 0 Å². The van der Waals surface area contributed by atoms with Crippen molar-refractivity contribution in [2.75, 3.05) is 14.1 Å². The first-order valence-corrected chi connectivity index (χ1v) is 4.52. The van der Waals surface area contributed by atoms with E-state index < -0.39 is 0 Å². The summed E-state index contributed by atoms with van der Waals surface area (Å²) in [7, 11) is 3.91. The largest absolute Gasteiger partial charge is 0.303 e. The van der Waals surface area contributed by atoms with Crippen LogP contribution in [0, 0.1) is 5.92 Å². The predicted molar refractivity (Wildman–Crippen MR) is 53.3 cm³/mol. The third kappa shape index (κ3) is 2.36. The monoisotopic (exact) mass is 166 g/mol. The Balaban J connectivity index is 2.62. The van der Waals surface area contributed by atoms with Crippen LogP contribution in [0.1, 0.15) is 26.2 Å². The molecule has 2 nitrogen and oxygen atoms in total. The van der Waals surface area contributed by atoms with Crippen molar-refractivity contribution in [2.24, 2.45) is 11.0 Å². The summed E-state index contributed by atoms with van der Waals surface area (Å²) in [4.78, 5) is 0. The molecule has 0 heterocycles. The van der Waals surface area contributed by atoms with Crippen molar-refractivity contribution in [1.82, 2.24) is 5.01 Å².